The molecule has 0 saturated heterocycles. The molecule has 0 spiro atoms. The molecule has 1 aliphatic rings. The number of nitrogens with one attached hydrogen (secondary N) is 1. The van der Waals surface area contributed by atoms with Crippen molar-refractivity contribution < 1.29 is 17.9 Å². The van der Waals surface area contributed by atoms with Crippen LogP contribution in [0.25, 0.3) is 0 Å². The highest BCUT2D eigenvalue weighted by molar-refractivity contribution is 7.92. The number of nitrogens with zero attached hydrogens (tertiary/aromatic N) is 1. The third-order valence-electron chi connectivity index (χ3n) is 5.30. The predicted octanol–water partition coefficient (Wildman–Crippen LogP) is 4.16. The van der Waals surface area contributed by atoms with Crippen LogP contribution in [0.1, 0.15) is 35.3 Å². The molecule has 0 unspecified atom stereocenters. The zero-order chi connectivity index (χ0) is 22.7. The Labute approximate surface area is 188 Å². The first-order valence-corrected chi connectivity index (χ1v) is 12.0. The number of hydrogen-bond donors (Lipinski definition) is 1. The van der Waals surface area contributed by atoms with Crippen LogP contribution < -0.4 is 14.4 Å². The second-order valence-electron chi connectivity index (χ2n) is 7.94. The minimum atomic E-state index is -3.76. The van der Waals surface area contributed by atoms with Gasteiger partial charge in [-0.1, -0.05) is 42.5 Å². The van der Waals surface area contributed by atoms with Crippen molar-refractivity contribution in [3.63, 3.8) is 0 Å². The van der Waals surface area contributed by atoms with E-state index in [1.807, 2.05) is 62.4 Å². The van der Waals surface area contributed by atoms with E-state index in [2.05, 4.69) is 5.32 Å². The van der Waals surface area contributed by atoms with Gasteiger partial charge in [-0.2, -0.15) is 0 Å². The van der Waals surface area contributed by atoms with E-state index in [-0.39, 0.29) is 23.5 Å². The first-order valence-electron chi connectivity index (χ1n) is 10.6. The highest BCUT2D eigenvalue weighted by Gasteiger charge is 2.30. The molecule has 0 bridgehead atoms. The Morgan fingerprint density at radius 1 is 1.03 bits per heavy atom. The average molecular weight is 451 g/mol. The summed E-state index contributed by atoms with van der Waals surface area (Å²) in [6.07, 6.45) is 0.692. The van der Waals surface area contributed by atoms with E-state index in [1.54, 1.807) is 12.1 Å². The van der Waals surface area contributed by atoms with Crippen LogP contribution in [0.4, 0.5) is 5.69 Å². The van der Waals surface area contributed by atoms with Gasteiger partial charge in [0.25, 0.3) is 15.9 Å². The molecule has 0 aliphatic carbocycles. The van der Waals surface area contributed by atoms with Crippen LogP contribution >= 0.6 is 0 Å². The number of rotatable bonds is 7. The van der Waals surface area contributed by atoms with E-state index in [9.17, 15) is 13.2 Å². The number of hydrogen-bond acceptors (Lipinski definition) is 4. The molecule has 1 amide bonds. The summed E-state index contributed by atoms with van der Waals surface area (Å²) >= 11 is 0. The predicted molar refractivity (Wildman–Crippen MR) is 124 cm³/mol. The van der Waals surface area contributed by atoms with Crippen molar-refractivity contribution in [2.75, 3.05) is 10.8 Å². The highest BCUT2D eigenvalue weighted by Crippen LogP contribution is 2.32. The standard InChI is InChI=1S/C25H26N2O4S/c1-18(2)31-24-13-6-4-9-21(24)17-26-25(28)20-10-7-11-22(16-20)32(29,30)27-15-14-19-8-3-5-12-23(19)27/h3-13,16,18H,14-15,17H2,1-2H3,(H,26,28). The minimum Gasteiger partial charge on any atom is -0.491 e. The normalized spacial score (nSPS) is 13.2. The molecule has 32 heavy (non-hydrogen) atoms. The Bertz CT molecular complexity index is 1240. The summed E-state index contributed by atoms with van der Waals surface area (Å²) in [7, 11) is -3.76. The molecule has 0 atom stereocenters. The summed E-state index contributed by atoms with van der Waals surface area (Å²) in [5.74, 6) is 0.370. The van der Waals surface area contributed by atoms with Gasteiger partial charge in [-0.15, -0.1) is 0 Å². The van der Waals surface area contributed by atoms with Gasteiger partial charge in [0.15, 0.2) is 0 Å². The number of benzene rings is 3. The molecular formula is C25H26N2O4S. The molecular weight excluding hydrogens is 424 g/mol. The molecule has 1 aliphatic heterocycles. The minimum absolute atomic E-state index is 0.0180. The summed E-state index contributed by atoms with van der Waals surface area (Å²) in [5, 5.41) is 2.87. The summed E-state index contributed by atoms with van der Waals surface area (Å²) in [6, 6.07) is 21.2. The summed E-state index contributed by atoms with van der Waals surface area (Å²) in [4.78, 5) is 12.9. The Morgan fingerprint density at radius 2 is 1.78 bits per heavy atom. The lowest BCUT2D eigenvalue weighted by Crippen LogP contribution is -2.29. The maximum atomic E-state index is 13.3. The monoisotopic (exact) mass is 450 g/mol. The first-order chi connectivity index (χ1) is 15.4. The van der Waals surface area contributed by atoms with Gasteiger partial charge in [0.05, 0.1) is 16.7 Å². The Morgan fingerprint density at radius 3 is 2.59 bits per heavy atom. The van der Waals surface area contributed by atoms with Crippen molar-refractivity contribution in [1.82, 2.24) is 5.32 Å². The van der Waals surface area contributed by atoms with Crippen molar-refractivity contribution in [3.8, 4) is 5.75 Å². The van der Waals surface area contributed by atoms with Gasteiger partial charge >= 0.3 is 0 Å². The number of ether oxygens (including phenoxy) is 1. The Kier molecular flexibility index (Phi) is 6.19. The van der Waals surface area contributed by atoms with Gasteiger partial charge in [0.2, 0.25) is 0 Å². The number of sulfonamides is 1. The van der Waals surface area contributed by atoms with Crippen LogP contribution in [0.3, 0.4) is 0 Å². The van der Waals surface area contributed by atoms with Gasteiger partial charge in [0, 0.05) is 24.2 Å². The second-order valence-corrected chi connectivity index (χ2v) is 9.80. The molecule has 166 valence electrons. The van der Waals surface area contributed by atoms with Crippen LogP contribution in [0.2, 0.25) is 0 Å². The number of carbonyl (C=O) groups excluding carboxylic acids is 1. The fourth-order valence-electron chi connectivity index (χ4n) is 3.78. The van der Waals surface area contributed by atoms with E-state index in [1.165, 1.54) is 16.4 Å². The summed E-state index contributed by atoms with van der Waals surface area (Å²) < 4.78 is 33.8. The third-order valence-corrected chi connectivity index (χ3v) is 7.11. The fraction of sp³-hybridized carbons (Fsp3) is 0.240. The maximum Gasteiger partial charge on any atom is 0.264 e. The average Bonchev–Trinajstić information content (AvgIpc) is 3.23. The van der Waals surface area contributed by atoms with Crippen molar-refractivity contribution in [2.24, 2.45) is 0 Å². The topological polar surface area (TPSA) is 75.7 Å². The molecule has 3 aromatic rings. The van der Waals surface area contributed by atoms with Crippen molar-refractivity contribution >= 4 is 21.6 Å². The largest absolute Gasteiger partial charge is 0.491 e. The molecule has 6 nitrogen and oxygen atoms in total. The lowest BCUT2D eigenvalue weighted by molar-refractivity contribution is 0.0950. The molecule has 0 saturated carbocycles. The number of anilines is 1. The van der Waals surface area contributed by atoms with E-state index < -0.39 is 10.0 Å². The second kappa shape index (κ2) is 9.04. The SMILES string of the molecule is CC(C)Oc1ccccc1CNC(=O)c1cccc(S(=O)(=O)N2CCc3ccccc32)c1. The zero-order valence-electron chi connectivity index (χ0n) is 18.1. The summed E-state index contributed by atoms with van der Waals surface area (Å²) in [6.45, 7) is 4.56. The Balaban J connectivity index is 1.52. The van der Waals surface area contributed by atoms with Crippen LogP contribution in [-0.4, -0.2) is 27.0 Å². The highest BCUT2D eigenvalue weighted by atomic mass is 32.2. The first kappa shape index (κ1) is 21.9. The quantitative estimate of drug-likeness (QED) is 0.587. The van der Waals surface area contributed by atoms with Crippen LogP contribution in [0.5, 0.6) is 5.75 Å². The third kappa shape index (κ3) is 4.48. The van der Waals surface area contributed by atoms with Crippen molar-refractivity contribution in [1.29, 1.82) is 0 Å². The van der Waals surface area contributed by atoms with Crippen molar-refractivity contribution in [2.45, 2.75) is 37.8 Å². The van der Waals surface area contributed by atoms with Gasteiger partial charge in [0.1, 0.15) is 5.75 Å². The van der Waals surface area contributed by atoms with E-state index >= 15 is 0 Å². The molecule has 3 aromatic carbocycles. The molecule has 7 heteroatoms. The molecule has 0 fully saturated rings. The number of para-hydroxylation sites is 2. The number of carbonyl (C=O) groups is 1. The fourth-order valence-corrected chi connectivity index (χ4v) is 5.33. The molecule has 1 N–H and O–H groups in total. The van der Waals surface area contributed by atoms with Gasteiger partial charge in [-0.3, -0.25) is 9.10 Å². The molecule has 0 radical (unpaired) electrons. The molecule has 1 heterocycles. The maximum absolute atomic E-state index is 13.3. The van der Waals surface area contributed by atoms with Gasteiger partial charge in [-0.25, -0.2) is 8.42 Å². The van der Waals surface area contributed by atoms with Gasteiger partial charge in [-0.05, 0) is 56.2 Å². The summed E-state index contributed by atoms with van der Waals surface area (Å²) in [5.41, 5.74) is 2.85. The molecule has 0 aromatic heterocycles. The van der Waals surface area contributed by atoms with E-state index in [0.29, 0.717) is 30.0 Å². The van der Waals surface area contributed by atoms with E-state index in [4.69, 9.17) is 4.74 Å². The van der Waals surface area contributed by atoms with Crippen LogP contribution in [-0.2, 0) is 23.0 Å². The zero-order valence-corrected chi connectivity index (χ0v) is 18.9. The lowest BCUT2D eigenvalue weighted by Gasteiger charge is -2.20. The van der Waals surface area contributed by atoms with Crippen molar-refractivity contribution in [3.05, 3.63) is 89.5 Å². The van der Waals surface area contributed by atoms with E-state index in [0.717, 1.165) is 11.1 Å². The van der Waals surface area contributed by atoms with Crippen LogP contribution in [0.15, 0.2) is 77.7 Å². The number of fused-ring (bicyclic) bond motifs is 1. The lowest BCUT2D eigenvalue weighted by atomic mass is 10.1. The molecule has 4 rings (SSSR count). The van der Waals surface area contributed by atoms with Crippen LogP contribution in [0, 0.1) is 0 Å². The van der Waals surface area contributed by atoms with Gasteiger partial charge < -0.3 is 10.1 Å². The Hall–Kier alpha value is -3.32. The smallest absolute Gasteiger partial charge is 0.264 e. The number of amides is 1.